The second-order valence-electron chi connectivity index (χ2n) is 7.80. The van der Waals surface area contributed by atoms with Gasteiger partial charge in [0.2, 0.25) is 0 Å². The van der Waals surface area contributed by atoms with Crippen molar-refractivity contribution in [2.75, 3.05) is 31.6 Å². The zero-order chi connectivity index (χ0) is 25.2. The number of halogens is 1. The first kappa shape index (κ1) is 25.8. The van der Waals surface area contributed by atoms with E-state index in [0.29, 0.717) is 23.8 Å². The van der Waals surface area contributed by atoms with Gasteiger partial charge in [-0.25, -0.2) is 14.6 Å². The number of aliphatic imine (C=N–C) groups is 1. The van der Waals surface area contributed by atoms with E-state index < -0.39 is 24.2 Å². The maximum atomic E-state index is 12.8. The third-order valence-electron chi connectivity index (χ3n) is 5.08. The van der Waals surface area contributed by atoms with Crippen molar-refractivity contribution in [2.24, 2.45) is 4.99 Å². The highest BCUT2D eigenvalue weighted by atomic mass is 35.5. The molecule has 1 unspecified atom stereocenters. The Bertz CT molecular complexity index is 1080. The van der Waals surface area contributed by atoms with Gasteiger partial charge in [0.05, 0.1) is 13.2 Å². The molecule has 0 saturated carbocycles. The Morgan fingerprint density at radius 3 is 2.57 bits per heavy atom. The topological polar surface area (TPSA) is 124 Å². The van der Waals surface area contributed by atoms with Gasteiger partial charge < -0.3 is 30.9 Å². The third-order valence-corrected chi connectivity index (χ3v) is 5.32. The van der Waals surface area contributed by atoms with Crippen LogP contribution in [0.1, 0.15) is 18.1 Å². The number of alkyl carbamates (subject to hydrolysis) is 1. The molecule has 1 atom stereocenters. The number of benzene rings is 2. The number of carbonyl (C=O) groups excluding carboxylic acids is 3. The molecule has 0 fully saturated rings. The molecule has 0 radical (unpaired) electrons. The number of amides is 4. The first-order chi connectivity index (χ1) is 16.9. The van der Waals surface area contributed by atoms with Gasteiger partial charge in [0.15, 0.2) is 5.84 Å². The van der Waals surface area contributed by atoms with Gasteiger partial charge in [0, 0.05) is 30.3 Å². The predicted octanol–water partition coefficient (Wildman–Crippen LogP) is 2.87. The van der Waals surface area contributed by atoms with E-state index in [1.54, 1.807) is 25.1 Å². The molecule has 3 rings (SSSR count). The first-order valence-corrected chi connectivity index (χ1v) is 11.6. The summed E-state index contributed by atoms with van der Waals surface area (Å²) >= 11 is 5.98. The molecule has 0 aromatic heterocycles. The van der Waals surface area contributed by atoms with Crippen molar-refractivity contribution >= 4 is 41.2 Å². The molecule has 1 heterocycles. The Balaban J connectivity index is 1.62. The number of anilines is 1. The summed E-state index contributed by atoms with van der Waals surface area (Å²) in [6.45, 7) is 5.00. The van der Waals surface area contributed by atoms with Crippen LogP contribution in [0.5, 0.6) is 0 Å². The van der Waals surface area contributed by atoms with Gasteiger partial charge in [-0.1, -0.05) is 41.9 Å². The number of aryl methyl sites for hydroxylation is 1. The summed E-state index contributed by atoms with van der Waals surface area (Å²) < 4.78 is 4.79. The zero-order valence-corrected chi connectivity index (χ0v) is 20.4. The molecule has 0 bridgehead atoms. The molecule has 35 heavy (non-hydrogen) atoms. The fourth-order valence-corrected chi connectivity index (χ4v) is 3.69. The molecule has 1 aliphatic heterocycles. The number of carbonyl (C=O) groups is 3. The van der Waals surface area contributed by atoms with Crippen LogP contribution in [0.4, 0.5) is 15.3 Å². The molecule has 2 aromatic rings. The van der Waals surface area contributed by atoms with E-state index in [4.69, 9.17) is 16.3 Å². The fraction of sp³-hybridized carbons (Fsp3) is 0.333. The van der Waals surface area contributed by atoms with Gasteiger partial charge >= 0.3 is 12.1 Å². The van der Waals surface area contributed by atoms with Crippen LogP contribution in [0.25, 0.3) is 0 Å². The highest BCUT2D eigenvalue weighted by molar-refractivity contribution is 6.38. The van der Waals surface area contributed by atoms with Gasteiger partial charge in [0.1, 0.15) is 6.17 Å². The number of ether oxygens (including phenoxy) is 1. The lowest BCUT2D eigenvalue weighted by atomic mass is 10.2. The summed E-state index contributed by atoms with van der Waals surface area (Å²) in [6.07, 6.45) is -1.17. The summed E-state index contributed by atoms with van der Waals surface area (Å²) in [4.78, 5) is 43.1. The minimum atomic E-state index is -0.621. The van der Waals surface area contributed by atoms with Crippen molar-refractivity contribution in [3.63, 3.8) is 0 Å². The van der Waals surface area contributed by atoms with E-state index in [1.807, 2.05) is 42.2 Å². The molecule has 10 nitrogen and oxygen atoms in total. The number of hydrogen-bond donors (Lipinski definition) is 4. The maximum Gasteiger partial charge on any atom is 0.407 e. The van der Waals surface area contributed by atoms with Crippen LogP contribution in [0.2, 0.25) is 5.02 Å². The highest BCUT2D eigenvalue weighted by Gasteiger charge is 2.30. The Labute approximate surface area is 209 Å². The van der Waals surface area contributed by atoms with Gasteiger partial charge in [-0.2, -0.15) is 0 Å². The Morgan fingerprint density at radius 2 is 1.86 bits per heavy atom. The Hall–Kier alpha value is -3.79. The van der Waals surface area contributed by atoms with Crippen LogP contribution in [-0.4, -0.2) is 61.2 Å². The summed E-state index contributed by atoms with van der Waals surface area (Å²) in [5.74, 6) is -0.192. The lowest BCUT2D eigenvalue weighted by Crippen LogP contribution is -2.44. The van der Waals surface area contributed by atoms with Crippen molar-refractivity contribution < 1.29 is 19.1 Å². The third kappa shape index (κ3) is 7.89. The van der Waals surface area contributed by atoms with Gasteiger partial charge in [-0.3, -0.25) is 4.79 Å². The standard InChI is InChI=1S/C24H29ClN6O4/c1-3-35-24(34)27-12-11-26-22(32)21-29-20(15-31(21)14-17-7-5-4-6-8-17)30-23(33)28-19-10-9-18(25)13-16(19)2/h4-10,13,20H,3,11-12,14-15H2,1-2H3,(H,26,32)(H,27,34)(H2,28,30,33). The smallest absolute Gasteiger partial charge is 0.407 e. The minimum absolute atomic E-state index is 0.199. The van der Waals surface area contributed by atoms with Crippen LogP contribution >= 0.6 is 11.6 Å². The Morgan fingerprint density at radius 1 is 1.11 bits per heavy atom. The van der Waals surface area contributed by atoms with Crippen molar-refractivity contribution in [3.8, 4) is 0 Å². The molecule has 1 aliphatic rings. The van der Waals surface area contributed by atoms with E-state index in [-0.39, 0.29) is 25.5 Å². The summed E-state index contributed by atoms with van der Waals surface area (Å²) in [7, 11) is 0. The average Bonchev–Trinajstić information content (AvgIpc) is 3.21. The normalized spacial score (nSPS) is 14.7. The van der Waals surface area contributed by atoms with E-state index in [1.165, 1.54) is 0 Å². The lowest BCUT2D eigenvalue weighted by Gasteiger charge is -2.21. The number of amidine groups is 1. The van der Waals surface area contributed by atoms with Gasteiger partial charge in [-0.15, -0.1) is 0 Å². The van der Waals surface area contributed by atoms with E-state index in [0.717, 1.165) is 11.1 Å². The van der Waals surface area contributed by atoms with Crippen molar-refractivity contribution in [3.05, 3.63) is 64.7 Å². The molecule has 0 aliphatic carbocycles. The molecule has 4 amide bonds. The molecule has 0 saturated heterocycles. The number of nitrogens with one attached hydrogen (secondary N) is 4. The summed E-state index contributed by atoms with van der Waals surface area (Å²) in [5, 5.41) is 11.5. The van der Waals surface area contributed by atoms with Crippen LogP contribution in [0, 0.1) is 6.92 Å². The second kappa shape index (κ2) is 12.6. The second-order valence-corrected chi connectivity index (χ2v) is 8.23. The average molecular weight is 501 g/mol. The number of urea groups is 1. The highest BCUT2D eigenvalue weighted by Crippen LogP contribution is 2.20. The van der Waals surface area contributed by atoms with E-state index in [2.05, 4.69) is 26.3 Å². The predicted molar refractivity (Wildman–Crippen MR) is 134 cm³/mol. The molecule has 2 aromatic carbocycles. The minimum Gasteiger partial charge on any atom is -0.450 e. The SMILES string of the molecule is CCOC(=O)NCCNC(=O)C1=NC(NC(=O)Nc2ccc(Cl)cc2C)CN1Cc1ccccc1. The van der Waals surface area contributed by atoms with Crippen molar-refractivity contribution in [1.82, 2.24) is 20.9 Å². The van der Waals surface area contributed by atoms with Gasteiger partial charge in [0.25, 0.3) is 5.91 Å². The zero-order valence-electron chi connectivity index (χ0n) is 19.6. The first-order valence-electron chi connectivity index (χ1n) is 11.2. The van der Waals surface area contributed by atoms with Crippen LogP contribution in [-0.2, 0) is 16.1 Å². The quantitative estimate of drug-likeness (QED) is 0.394. The molecule has 186 valence electrons. The number of rotatable bonds is 9. The maximum absolute atomic E-state index is 12.8. The van der Waals surface area contributed by atoms with Crippen LogP contribution in [0.3, 0.4) is 0 Å². The lowest BCUT2D eigenvalue weighted by molar-refractivity contribution is -0.115. The fourth-order valence-electron chi connectivity index (χ4n) is 3.47. The number of nitrogens with zero attached hydrogens (tertiary/aromatic N) is 2. The molecule has 0 spiro atoms. The van der Waals surface area contributed by atoms with Crippen LogP contribution in [0.15, 0.2) is 53.5 Å². The molecular weight excluding hydrogens is 472 g/mol. The van der Waals surface area contributed by atoms with E-state index in [9.17, 15) is 14.4 Å². The molecule has 4 N–H and O–H groups in total. The largest absolute Gasteiger partial charge is 0.450 e. The summed E-state index contributed by atoms with van der Waals surface area (Å²) in [6, 6.07) is 14.4. The van der Waals surface area contributed by atoms with E-state index >= 15 is 0 Å². The number of hydrogen-bond acceptors (Lipinski definition) is 6. The molecular formula is C24H29ClN6O4. The van der Waals surface area contributed by atoms with Crippen molar-refractivity contribution in [1.29, 1.82) is 0 Å². The monoisotopic (exact) mass is 500 g/mol. The van der Waals surface area contributed by atoms with Crippen molar-refractivity contribution in [2.45, 2.75) is 26.6 Å². The Kier molecular flexibility index (Phi) is 9.31. The molecule has 11 heteroatoms. The van der Waals surface area contributed by atoms with Crippen LogP contribution < -0.4 is 21.3 Å². The summed E-state index contributed by atoms with van der Waals surface area (Å²) in [5.41, 5.74) is 2.45. The van der Waals surface area contributed by atoms with Gasteiger partial charge in [-0.05, 0) is 43.2 Å².